The van der Waals surface area contributed by atoms with E-state index in [4.69, 9.17) is 4.42 Å². The van der Waals surface area contributed by atoms with Crippen LogP contribution in [0.25, 0.3) is 6.08 Å². The molecule has 0 saturated heterocycles. The maximum Gasteiger partial charge on any atom is 0.249 e. The summed E-state index contributed by atoms with van der Waals surface area (Å²) in [6.45, 7) is 2.14. The average molecular weight is 397 g/mol. The predicted molar refractivity (Wildman–Crippen MR) is 88.8 cm³/mol. The Morgan fingerprint density at radius 3 is 3.00 bits per heavy atom. The SMILES string of the molecule is CC(C1CC1)n1nccc1NC(=O)/C=C/c1ccc(I)o1. The molecule has 2 heterocycles. The Hall–Kier alpha value is -1.57. The Morgan fingerprint density at radius 2 is 2.33 bits per heavy atom. The minimum atomic E-state index is -0.189. The lowest BCUT2D eigenvalue weighted by atomic mass is 10.2. The van der Waals surface area contributed by atoms with Crippen LogP contribution in [-0.2, 0) is 4.79 Å². The summed E-state index contributed by atoms with van der Waals surface area (Å²) >= 11 is 2.09. The molecular formula is C15H16IN3O2. The van der Waals surface area contributed by atoms with Gasteiger partial charge in [-0.15, -0.1) is 0 Å². The van der Waals surface area contributed by atoms with Crippen LogP contribution < -0.4 is 5.32 Å². The highest BCUT2D eigenvalue weighted by Gasteiger charge is 2.30. The van der Waals surface area contributed by atoms with Crippen LogP contribution in [0.5, 0.6) is 0 Å². The number of hydrogen-bond acceptors (Lipinski definition) is 3. The van der Waals surface area contributed by atoms with Crippen LogP contribution in [0.1, 0.15) is 31.6 Å². The number of carbonyl (C=O) groups is 1. The number of nitrogens with one attached hydrogen (secondary N) is 1. The first-order valence-electron chi connectivity index (χ1n) is 6.91. The zero-order chi connectivity index (χ0) is 14.8. The third-order valence-corrected chi connectivity index (χ3v) is 4.18. The zero-order valence-electron chi connectivity index (χ0n) is 11.6. The van der Waals surface area contributed by atoms with Gasteiger partial charge in [0.2, 0.25) is 5.91 Å². The van der Waals surface area contributed by atoms with Crippen molar-refractivity contribution < 1.29 is 9.21 Å². The first-order valence-corrected chi connectivity index (χ1v) is 7.99. The van der Waals surface area contributed by atoms with Crippen LogP contribution >= 0.6 is 22.6 Å². The number of carbonyl (C=O) groups excluding carboxylic acids is 1. The van der Waals surface area contributed by atoms with E-state index >= 15 is 0 Å². The Morgan fingerprint density at radius 1 is 1.52 bits per heavy atom. The molecule has 0 radical (unpaired) electrons. The van der Waals surface area contributed by atoms with Crippen molar-refractivity contribution in [3.63, 3.8) is 0 Å². The van der Waals surface area contributed by atoms with Gasteiger partial charge in [-0.2, -0.15) is 5.10 Å². The van der Waals surface area contributed by atoms with Gasteiger partial charge < -0.3 is 9.73 Å². The molecule has 0 aliphatic heterocycles. The van der Waals surface area contributed by atoms with Crippen molar-refractivity contribution in [3.8, 4) is 0 Å². The molecule has 1 unspecified atom stereocenters. The normalized spacial score (nSPS) is 16.3. The maximum absolute atomic E-state index is 12.0. The number of hydrogen-bond donors (Lipinski definition) is 1. The second-order valence-electron chi connectivity index (χ2n) is 5.20. The molecule has 1 amide bonds. The lowest BCUT2D eigenvalue weighted by Crippen LogP contribution is -2.16. The van der Waals surface area contributed by atoms with E-state index in [1.54, 1.807) is 12.3 Å². The molecule has 0 bridgehead atoms. The van der Waals surface area contributed by atoms with Crippen LogP contribution in [0.3, 0.4) is 0 Å². The van der Waals surface area contributed by atoms with Gasteiger partial charge >= 0.3 is 0 Å². The molecule has 0 aromatic carbocycles. The van der Waals surface area contributed by atoms with Crippen molar-refractivity contribution in [1.82, 2.24) is 9.78 Å². The average Bonchev–Trinajstić information content (AvgIpc) is 3.08. The van der Waals surface area contributed by atoms with E-state index in [1.165, 1.54) is 18.9 Å². The summed E-state index contributed by atoms with van der Waals surface area (Å²) in [5.41, 5.74) is 0. The minimum Gasteiger partial charge on any atom is -0.451 e. The largest absolute Gasteiger partial charge is 0.451 e. The monoisotopic (exact) mass is 397 g/mol. The van der Waals surface area contributed by atoms with Gasteiger partial charge in [-0.1, -0.05) is 0 Å². The van der Waals surface area contributed by atoms with Gasteiger partial charge in [0.15, 0.2) is 3.77 Å². The molecule has 1 N–H and O–H groups in total. The molecule has 0 spiro atoms. The number of rotatable bonds is 5. The standard InChI is InChI=1S/C15H16IN3O2/c1-10(11-2-3-11)19-14(8-9-17-19)18-15(20)7-5-12-4-6-13(16)21-12/h4-11H,2-3H2,1H3,(H,18,20)/b7-5+. The topological polar surface area (TPSA) is 60.1 Å². The fraction of sp³-hybridized carbons (Fsp3) is 0.333. The number of anilines is 1. The van der Waals surface area contributed by atoms with Gasteiger partial charge in [0.25, 0.3) is 0 Å². The summed E-state index contributed by atoms with van der Waals surface area (Å²) in [5.74, 6) is 1.89. The summed E-state index contributed by atoms with van der Waals surface area (Å²) in [4.78, 5) is 12.0. The Balaban J connectivity index is 1.65. The number of amides is 1. The number of nitrogens with zero attached hydrogens (tertiary/aromatic N) is 2. The molecular weight excluding hydrogens is 381 g/mol. The van der Waals surface area contributed by atoms with Crippen LogP contribution in [0.4, 0.5) is 5.82 Å². The van der Waals surface area contributed by atoms with Gasteiger partial charge in [0, 0.05) is 12.1 Å². The van der Waals surface area contributed by atoms with E-state index in [0.717, 1.165) is 9.58 Å². The summed E-state index contributed by atoms with van der Waals surface area (Å²) in [5, 5.41) is 7.17. The smallest absolute Gasteiger partial charge is 0.249 e. The fourth-order valence-electron chi connectivity index (χ4n) is 2.26. The first-order chi connectivity index (χ1) is 10.1. The second kappa shape index (κ2) is 6.05. The minimum absolute atomic E-state index is 0.189. The highest BCUT2D eigenvalue weighted by molar-refractivity contribution is 14.1. The number of aromatic nitrogens is 2. The van der Waals surface area contributed by atoms with Crippen LogP contribution in [0.15, 0.2) is 34.9 Å². The van der Waals surface area contributed by atoms with Crippen LogP contribution in [-0.4, -0.2) is 15.7 Å². The van der Waals surface area contributed by atoms with E-state index in [9.17, 15) is 4.79 Å². The number of furan rings is 1. The zero-order valence-corrected chi connectivity index (χ0v) is 13.8. The lowest BCUT2D eigenvalue weighted by Gasteiger charge is -2.14. The molecule has 110 valence electrons. The molecule has 1 atom stereocenters. The lowest BCUT2D eigenvalue weighted by molar-refractivity contribution is -0.111. The highest BCUT2D eigenvalue weighted by atomic mass is 127. The molecule has 21 heavy (non-hydrogen) atoms. The van der Waals surface area contributed by atoms with Gasteiger partial charge in [-0.25, -0.2) is 4.68 Å². The van der Waals surface area contributed by atoms with Crippen molar-refractivity contribution >= 4 is 40.4 Å². The van der Waals surface area contributed by atoms with Crippen molar-refractivity contribution in [1.29, 1.82) is 0 Å². The van der Waals surface area contributed by atoms with Crippen molar-refractivity contribution in [3.05, 3.63) is 40.0 Å². The molecule has 6 heteroatoms. The number of halogens is 1. The summed E-state index contributed by atoms with van der Waals surface area (Å²) in [6, 6.07) is 5.82. The third kappa shape index (κ3) is 3.55. The van der Waals surface area contributed by atoms with Crippen molar-refractivity contribution in [2.75, 3.05) is 5.32 Å². The molecule has 2 aromatic heterocycles. The summed E-state index contributed by atoms with van der Waals surface area (Å²) < 4.78 is 8.06. The van der Waals surface area contributed by atoms with Crippen LogP contribution in [0, 0.1) is 9.68 Å². The predicted octanol–water partition coefficient (Wildman–Crippen LogP) is 3.70. The first kappa shape index (κ1) is 14.4. The fourth-order valence-corrected chi connectivity index (χ4v) is 2.69. The van der Waals surface area contributed by atoms with E-state index in [-0.39, 0.29) is 5.91 Å². The molecule has 1 saturated carbocycles. The molecule has 1 fully saturated rings. The quantitative estimate of drug-likeness (QED) is 0.618. The van der Waals surface area contributed by atoms with E-state index in [1.807, 2.05) is 22.9 Å². The summed E-state index contributed by atoms with van der Waals surface area (Å²) in [6.07, 6.45) is 7.32. The highest BCUT2D eigenvalue weighted by Crippen LogP contribution is 2.40. The van der Waals surface area contributed by atoms with Gasteiger partial charge in [-0.05, 0) is 66.5 Å². The second-order valence-corrected chi connectivity index (χ2v) is 6.27. The van der Waals surface area contributed by atoms with E-state index in [0.29, 0.717) is 17.7 Å². The van der Waals surface area contributed by atoms with Gasteiger partial charge in [0.1, 0.15) is 11.6 Å². The molecule has 1 aliphatic carbocycles. The third-order valence-electron chi connectivity index (χ3n) is 3.60. The summed E-state index contributed by atoms with van der Waals surface area (Å²) in [7, 11) is 0. The molecule has 3 rings (SSSR count). The maximum atomic E-state index is 12.0. The molecule has 2 aromatic rings. The van der Waals surface area contributed by atoms with Crippen LogP contribution in [0.2, 0.25) is 0 Å². The van der Waals surface area contributed by atoms with Crippen molar-refractivity contribution in [2.24, 2.45) is 5.92 Å². The van der Waals surface area contributed by atoms with Gasteiger partial charge in [0.05, 0.1) is 12.2 Å². The van der Waals surface area contributed by atoms with Crippen molar-refractivity contribution in [2.45, 2.75) is 25.8 Å². The van der Waals surface area contributed by atoms with E-state index in [2.05, 4.69) is 39.9 Å². The molecule has 5 nitrogen and oxygen atoms in total. The Bertz CT molecular complexity index is 670. The Kier molecular flexibility index (Phi) is 4.14. The Labute approximate surface area is 136 Å². The van der Waals surface area contributed by atoms with Gasteiger partial charge in [-0.3, -0.25) is 4.79 Å². The molecule has 1 aliphatic rings. The van der Waals surface area contributed by atoms with E-state index < -0.39 is 0 Å².